The Kier molecular flexibility index (Phi) is 5.48. The number of nitrogens with zero attached hydrogens (tertiary/aromatic N) is 4. The van der Waals surface area contributed by atoms with Gasteiger partial charge >= 0.3 is 0 Å². The van der Waals surface area contributed by atoms with Gasteiger partial charge in [-0.15, -0.1) is 0 Å². The fourth-order valence-electron chi connectivity index (χ4n) is 1.83. The van der Waals surface area contributed by atoms with Crippen molar-refractivity contribution in [1.29, 1.82) is 0 Å². The average Bonchev–Trinajstić information content (AvgIpc) is 2.90. The first-order chi connectivity index (χ1) is 10.2. The van der Waals surface area contributed by atoms with Crippen LogP contribution in [-0.4, -0.2) is 33.2 Å². The van der Waals surface area contributed by atoms with Crippen molar-refractivity contribution < 1.29 is 4.52 Å². The fourth-order valence-corrected chi connectivity index (χ4v) is 1.83. The molecule has 0 spiro atoms. The van der Waals surface area contributed by atoms with Crippen LogP contribution in [0.5, 0.6) is 0 Å². The van der Waals surface area contributed by atoms with E-state index in [1.165, 1.54) is 0 Å². The van der Waals surface area contributed by atoms with Gasteiger partial charge in [0.25, 0.3) is 0 Å². The van der Waals surface area contributed by atoms with Crippen molar-refractivity contribution in [3.05, 3.63) is 23.6 Å². The molecule has 0 amide bonds. The molecule has 2 rings (SSSR count). The summed E-state index contributed by atoms with van der Waals surface area (Å²) in [7, 11) is 0. The van der Waals surface area contributed by atoms with Crippen LogP contribution in [0.2, 0.25) is 0 Å². The molecule has 7 nitrogen and oxygen atoms in total. The van der Waals surface area contributed by atoms with Crippen molar-refractivity contribution in [1.82, 2.24) is 20.1 Å². The summed E-state index contributed by atoms with van der Waals surface area (Å²) in [5.74, 6) is 3.80. The molecule has 0 aliphatic heterocycles. The highest BCUT2D eigenvalue weighted by Crippen LogP contribution is 2.12. The third-order valence-electron chi connectivity index (χ3n) is 2.86. The molecule has 0 radical (unpaired) electrons. The largest absolute Gasteiger partial charge is 0.370 e. The van der Waals surface area contributed by atoms with E-state index in [2.05, 4.69) is 37.7 Å². The van der Waals surface area contributed by atoms with Gasteiger partial charge in [-0.05, 0) is 13.3 Å². The van der Waals surface area contributed by atoms with Gasteiger partial charge in [0.05, 0.1) is 0 Å². The van der Waals surface area contributed by atoms with Gasteiger partial charge in [0.1, 0.15) is 17.5 Å². The van der Waals surface area contributed by atoms with Gasteiger partial charge in [-0.3, -0.25) is 0 Å². The number of rotatable bonds is 8. The zero-order valence-corrected chi connectivity index (χ0v) is 12.8. The molecule has 2 aromatic heterocycles. The number of aromatic nitrogens is 4. The van der Waals surface area contributed by atoms with Crippen molar-refractivity contribution in [2.45, 2.75) is 40.0 Å². The van der Waals surface area contributed by atoms with Crippen molar-refractivity contribution in [3.63, 3.8) is 0 Å². The zero-order chi connectivity index (χ0) is 15.1. The maximum absolute atomic E-state index is 5.08. The summed E-state index contributed by atoms with van der Waals surface area (Å²) in [6, 6.07) is 1.92. The Morgan fingerprint density at radius 3 is 2.33 bits per heavy atom. The highest BCUT2D eigenvalue weighted by atomic mass is 16.5. The molecule has 0 saturated heterocycles. The lowest BCUT2D eigenvalue weighted by Crippen LogP contribution is -2.10. The summed E-state index contributed by atoms with van der Waals surface area (Å²) in [5.41, 5.74) is 0. The standard InChI is InChI=1S/C14H22N6O/c1-4-7-15-12-9-13(19-11(5-2)18-12)16-8-6-14-17-10(3)20-21-14/h9H,4-8H2,1-3H3,(H2,15,16,18,19). The van der Waals surface area contributed by atoms with E-state index in [1.54, 1.807) is 0 Å². The first-order valence-corrected chi connectivity index (χ1v) is 7.36. The summed E-state index contributed by atoms with van der Waals surface area (Å²) >= 11 is 0. The van der Waals surface area contributed by atoms with Crippen molar-refractivity contribution >= 4 is 11.6 Å². The molecule has 7 heteroatoms. The molecule has 114 valence electrons. The minimum Gasteiger partial charge on any atom is -0.370 e. The van der Waals surface area contributed by atoms with Crippen LogP contribution in [0.1, 0.15) is 37.8 Å². The molecule has 2 aromatic rings. The summed E-state index contributed by atoms with van der Waals surface area (Å²) in [6.07, 6.45) is 2.54. The van der Waals surface area contributed by atoms with Crippen LogP contribution in [0.15, 0.2) is 10.6 Å². The lowest BCUT2D eigenvalue weighted by molar-refractivity contribution is 0.377. The minimum absolute atomic E-state index is 0.633. The second kappa shape index (κ2) is 7.56. The molecule has 0 fully saturated rings. The Hall–Kier alpha value is -2.18. The monoisotopic (exact) mass is 290 g/mol. The SMILES string of the molecule is CCCNc1cc(NCCc2nc(C)no2)nc(CC)n1. The fraction of sp³-hybridized carbons (Fsp3) is 0.571. The molecule has 2 heterocycles. The second-order valence-electron chi connectivity index (χ2n) is 4.75. The molecule has 21 heavy (non-hydrogen) atoms. The molecular weight excluding hydrogens is 268 g/mol. The van der Waals surface area contributed by atoms with E-state index in [1.807, 2.05) is 19.9 Å². The highest BCUT2D eigenvalue weighted by Gasteiger charge is 2.05. The van der Waals surface area contributed by atoms with E-state index in [0.717, 1.165) is 36.8 Å². The topological polar surface area (TPSA) is 88.8 Å². The van der Waals surface area contributed by atoms with Gasteiger partial charge in [-0.2, -0.15) is 4.98 Å². The van der Waals surface area contributed by atoms with E-state index < -0.39 is 0 Å². The van der Waals surface area contributed by atoms with Gasteiger partial charge in [-0.1, -0.05) is 19.0 Å². The molecule has 0 bridgehead atoms. The molecule has 0 aromatic carbocycles. The normalized spacial score (nSPS) is 10.6. The van der Waals surface area contributed by atoms with Gasteiger partial charge in [0, 0.05) is 32.0 Å². The first kappa shape index (κ1) is 15.2. The van der Waals surface area contributed by atoms with Crippen molar-refractivity contribution in [2.75, 3.05) is 23.7 Å². The Morgan fingerprint density at radius 1 is 1.05 bits per heavy atom. The molecule has 0 atom stereocenters. The van der Waals surface area contributed by atoms with Crippen molar-refractivity contribution in [2.24, 2.45) is 0 Å². The third-order valence-corrected chi connectivity index (χ3v) is 2.86. The third kappa shape index (κ3) is 4.70. The van der Waals surface area contributed by atoms with Gasteiger partial charge in [0.15, 0.2) is 5.82 Å². The quantitative estimate of drug-likeness (QED) is 0.770. The number of nitrogens with one attached hydrogen (secondary N) is 2. The van der Waals surface area contributed by atoms with E-state index in [4.69, 9.17) is 4.52 Å². The molecule has 0 aliphatic rings. The Balaban J connectivity index is 1.94. The smallest absolute Gasteiger partial charge is 0.228 e. The Labute approximate surface area is 124 Å². The summed E-state index contributed by atoms with van der Waals surface area (Å²) < 4.78 is 5.08. The number of aryl methyl sites for hydroxylation is 2. The maximum Gasteiger partial charge on any atom is 0.228 e. The van der Waals surface area contributed by atoms with Crippen LogP contribution < -0.4 is 10.6 Å². The highest BCUT2D eigenvalue weighted by molar-refractivity contribution is 5.47. The Morgan fingerprint density at radius 2 is 1.76 bits per heavy atom. The van der Waals surface area contributed by atoms with Crippen LogP contribution >= 0.6 is 0 Å². The molecular formula is C14H22N6O. The van der Waals surface area contributed by atoms with Crippen LogP contribution in [0.4, 0.5) is 11.6 Å². The lowest BCUT2D eigenvalue weighted by atomic mass is 10.3. The van der Waals surface area contributed by atoms with Crippen molar-refractivity contribution in [3.8, 4) is 0 Å². The number of hydrogen-bond donors (Lipinski definition) is 2. The molecule has 0 aliphatic carbocycles. The predicted octanol–water partition coefficient (Wildman–Crippen LogP) is 2.21. The van der Waals surface area contributed by atoms with Gasteiger partial charge in [0.2, 0.25) is 5.89 Å². The van der Waals surface area contributed by atoms with Gasteiger partial charge < -0.3 is 15.2 Å². The minimum atomic E-state index is 0.633. The Bertz CT molecular complexity index is 568. The van der Waals surface area contributed by atoms with E-state index in [0.29, 0.717) is 24.7 Å². The molecule has 2 N–H and O–H groups in total. The van der Waals surface area contributed by atoms with Crippen LogP contribution in [0.25, 0.3) is 0 Å². The number of hydrogen-bond acceptors (Lipinski definition) is 7. The lowest BCUT2D eigenvalue weighted by Gasteiger charge is -2.09. The number of anilines is 2. The molecule has 0 saturated carbocycles. The van der Waals surface area contributed by atoms with Crippen LogP contribution in [0.3, 0.4) is 0 Å². The first-order valence-electron chi connectivity index (χ1n) is 7.36. The molecule has 0 unspecified atom stereocenters. The summed E-state index contributed by atoms with van der Waals surface area (Å²) in [6.45, 7) is 7.57. The second-order valence-corrected chi connectivity index (χ2v) is 4.75. The van der Waals surface area contributed by atoms with E-state index >= 15 is 0 Å². The maximum atomic E-state index is 5.08. The van der Waals surface area contributed by atoms with E-state index in [9.17, 15) is 0 Å². The summed E-state index contributed by atoms with van der Waals surface area (Å²) in [4.78, 5) is 13.1. The zero-order valence-electron chi connectivity index (χ0n) is 12.8. The van der Waals surface area contributed by atoms with E-state index in [-0.39, 0.29) is 0 Å². The van der Waals surface area contributed by atoms with Crippen LogP contribution in [-0.2, 0) is 12.8 Å². The summed E-state index contributed by atoms with van der Waals surface area (Å²) in [5, 5.41) is 10.3. The average molecular weight is 290 g/mol. The van der Waals surface area contributed by atoms with Crippen LogP contribution in [0, 0.1) is 6.92 Å². The predicted molar refractivity (Wildman–Crippen MR) is 81.4 cm³/mol. The van der Waals surface area contributed by atoms with Gasteiger partial charge in [-0.25, -0.2) is 9.97 Å².